The summed E-state index contributed by atoms with van der Waals surface area (Å²) in [4.78, 5) is 0.834. The lowest BCUT2D eigenvalue weighted by Crippen LogP contribution is -1.73. The minimum Gasteiger partial charge on any atom is -0.193 e. The second-order valence-corrected chi connectivity index (χ2v) is 4.25. The van der Waals surface area contributed by atoms with Crippen LogP contribution in [0, 0.1) is 11.3 Å². The number of thiophene rings is 1. The van der Waals surface area contributed by atoms with E-state index < -0.39 is 0 Å². The standard InChI is InChI=1S/C8H5Cl2NS/c1-5(4-11)8(10)6-2-3-7(9)12-6/h2-3H,1H3. The molecule has 0 unspecified atom stereocenters. The van der Waals surface area contributed by atoms with E-state index in [9.17, 15) is 0 Å². The fourth-order valence-electron chi connectivity index (χ4n) is 0.666. The van der Waals surface area contributed by atoms with E-state index in [0.717, 1.165) is 4.88 Å². The van der Waals surface area contributed by atoms with Gasteiger partial charge in [0.15, 0.2) is 0 Å². The maximum Gasteiger partial charge on any atom is 0.0960 e. The smallest absolute Gasteiger partial charge is 0.0960 e. The van der Waals surface area contributed by atoms with Crippen molar-refractivity contribution in [1.29, 1.82) is 5.26 Å². The minimum atomic E-state index is 0.481. The number of allylic oxidation sites excluding steroid dienone is 1. The minimum absolute atomic E-state index is 0.481. The van der Waals surface area contributed by atoms with E-state index >= 15 is 0 Å². The molecule has 0 atom stereocenters. The Labute approximate surface area is 84.8 Å². The predicted molar refractivity (Wildman–Crippen MR) is 53.4 cm³/mol. The molecule has 0 fully saturated rings. The van der Waals surface area contributed by atoms with Gasteiger partial charge in [0, 0.05) is 10.5 Å². The average Bonchev–Trinajstić information content (AvgIpc) is 2.49. The topological polar surface area (TPSA) is 23.8 Å². The van der Waals surface area contributed by atoms with Crippen molar-refractivity contribution >= 4 is 39.6 Å². The van der Waals surface area contributed by atoms with E-state index in [4.69, 9.17) is 28.5 Å². The van der Waals surface area contributed by atoms with Crippen LogP contribution in [0.3, 0.4) is 0 Å². The van der Waals surface area contributed by atoms with Crippen LogP contribution in [0.2, 0.25) is 4.34 Å². The molecule has 1 nitrogen and oxygen atoms in total. The molecular weight excluding hydrogens is 213 g/mol. The van der Waals surface area contributed by atoms with Crippen molar-refractivity contribution in [3.8, 4) is 6.07 Å². The molecular formula is C8H5Cl2NS. The zero-order valence-corrected chi connectivity index (χ0v) is 8.59. The molecule has 1 rings (SSSR count). The third-order valence-corrected chi connectivity index (χ3v) is 3.13. The van der Waals surface area contributed by atoms with Gasteiger partial charge in [0.25, 0.3) is 0 Å². The van der Waals surface area contributed by atoms with Crippen LogP contribution in [-0.4, -0.2) is 0 Å². The predicted octanol–water partition coefficient (Wildman–Crippen LogP) is 3.89. The van der Waals surface area contributed by atoms with Gasteiger partial charge in [-0.05, 0) is 19.1 Å². The molecule has 1 aromatic heterocycles. The Morgan fingerprint density at radius 1 is 1.58 bits per heavy atom. The summed E-state index contributed by atoms with van der Waals surface area (Å²) in [6.07, 6.45) is 0. The summed E-state index contributed by atoms with van der Waals surface area (Å²) in [6.45, 7) is 1.68. The van der Waals surface area contributed by atoms with Crippen molar-refractivity contribution in [2.75, 3.05) is 0 Å². The van der Waals surface area contributed by atoms with Crippen molar-refractivity contribution in [2.45, 2.75) is 6.92 Å². The molecule has 0 saturated carbocycles. The molecule has 0 aliphatic carbocycles. The first-order valence-electron chi connectivity index (χ1n) is 3.17. The van der Waals surface area contributed by atoms with Gasteiger partial charge in [-0.25, -0.2) is 0 Å². The molecule has 0 aliphatic heterocycles. The molecule has 0 N–H and O–H groups in total. The SMILES string of the molecule is CC(C#N)=C(Cl)c1ccc(Cl)s1. The Balaban J connectivity index is 3.09. The zero-order valence-electron chi connectivity index (χ0n) is 6.27. The molecule has 0 aromatic carbocycles. The van der Waals surface area contributed by atoms with Crippen molar-refractivity contribution in [1.82, 2.24) is 0 Å². The summed E-state index contributed by atoms with van der Waals surface area (Å²) in [6, 6.07) is 5.54. The van der Waals surface area contributed by atoms with Crippen LogP contribution in [0.15, 0.2) is 17.7 Å². The highest BCUT2D eigenvalue weighted by molar-refractivity contribution is 7.17. The molecule has 0 radical (unpaired) electrons. The average molecular weight is 218 g/mol. The number of nitrogens with zero attached hydrogens (tertiary/aromatic N) is 1. The third-order valence-electron chi connectivity index (χ3n) is 1.29. The maximum atomic E-state index is 8.55. The number of hydrogen-bond donors (Lipinski definition) is 0. The van der Waals surface area contributed by atoms with Crippen molar-refractivity contribution < 1.29 is 0 Å². The number of rotatable bonds is 1. The van der Waals surface area contributed by atoms with Gasteiger partial charge >= 0.3 is 0 Å². The van der Waals surface area contributed by atoms with Crippen LogP contribution in [0.1, 0.15) is 11.8 Å². The highest BCUT2D eigenvalue weighted by atomic mass is 35.5. The molecule has 0 amide bonds. The molecule has 62 valence electrons. The molecule has 1 aromatic rings. The molecule has 1 heterocycles. The van der Waals surface area contributed by atoms with E-state index in [-0.39, 0.29) is 0 Å². The maximum absolute atomic E-state index is 8.55. The Morgan fingerprint density at radius 2 is 2.25 bits per heavy atom. The lowest BCUT2D eigenvalue weighted by molar-refractivity contribution is 1.46. The van der Waals surface area contributed by atoms with Gasteiger partial charge in [0.1, 0.15) is 0 Å². The fraction of sp³-hybridized carbons (Fsp3) is 0.125. The first-order chi connectivity index (χ1) is 5.65. The summed E-state index contributed by atoms with van der Waals surface area (Å²) in [5.74, 6) is 0. The van der Waals surface area contributed by atoms with Gasteiger partial charge < -0.3 is 0 Å². The Morgan fingerprint density at radius 3 is 2.67 bits per heavy atom. The molecule has 0 saturated heterocycles. The van der Waals surface area contributed by atoms with Gasteiger partial charge in [-0.1, -0.05) is 23.2 Å². The van der Waals surface area contributed by atoms with E-state index in [1.807, 2.05) is 6.07 Å². The summed E-state index contributed by atoms with van der Waals surface area (Å²) >= 11 is 12.9. The zero-order chi connectivity index (χ0) is 9.14. The number of halogens is 2. The van der Waals surface area contributed by atoms with E-state index in [0.29, 0.717) is 14.9 Å². The molecule has 0 aliphatic rings. The van der Waals surface area contributed by atoms with E-state index in [2.05, 4.69) is 0 Å². The second-order valence-electron chi connectivity index (χ2n) is 2.15. The van der Waals surface area contributed by atoms with Gasteiger partial charge in [-0.15, -0.1) is 11.3 Å². The van der Waals surface area contributed by atoms with Crippen LogP contribution in [0.25, 0.3) is 5.03 Å². The van der Waals surface area contributed by atoms with Crippen LogP contribution in [0.5, 0.6) is 0 Å². The Kier molecular flexibility index (Phi) is 3.16. The second kappa shape index (κ2) is 3.95. The highest BCUT2D eigenvalue weighted by Crippen LogP contribution is 2.31. The Bertz CT molecular complexity index is 359. The number of nitriles is 1. The van der Waals surface area contributed by atoms with Crippen molar-refractivity contribution in [3.63, 3.8) is 0 Å². The van der Waals surface area contributed by atoms with Gasteiger partial charge in [0.2, 0.25) is 0 Å². The summed E-state index contributed by atoms with van der Waals surface area (Å²) in [7, 11) is 0. The third kappa shape index (κ3) is 2.01. The lowest BCUT2D eigenvalue weighted by Gasteiger charge is -1.92. The van der Waals surface area contributed by atoms with Crippen molar-refractivity contribution in [3.05, 3.63) is 26.9 Å². The summed E-state index contributed by atoms with van der Waals surface area (Å²) < 4.78 is 0.675. The van der Waals surface area contributed by atoms with E-state index in [1.54, 1.807) is 19.1 Å². The normalized spacial score (nSPS) is 12.2. The van der Waals surface area contributed by atoms with Gasteiger partial charge in [0.05, 0.1) is 15.4 Å². The quantitative estimate of drug-likeness (QED) is 0.656. The number of hydrogen-bond acceptors (Lipinski definition) is 2. The first-order valence-corrected chi connectivity index (χ1v) is 4.74. The van der Waals surface area contributed by atoms with Crippen LogP contribution < -0.4 is 0 Å². The largest absolute Gasteiger partial charge is 0.193 e. The van der Waals surface area contributed by atoms with Crippen LogP contribution in [0.4, 0.5) is 0 Å². The molecule has 0 bridgehead atoms. The van der Waals surface area contributed by atoms with Gasteiger partial charge in [-0.3, -0.25) is 0 Å². The molecule has 4 heteroatoms. The van der Waals surface area contributed by atoms with Crippen molar-refractivity contribution in [2.24, 2.45) is 0 Å². The summed E-state index contributed by atoms with van der Waals surface area (Å²) in [5.41, 5.74) is 0.509. The summed E-state index contributed by atoms with van der Waals surface area (Å²) in [5, 5.41) is 9.03. The van der Waals surface area contributed by atoms with E-state index in [1.165, 1.54) is 11.3 Å². The van der Waals surface area contributed by atoms with Gasteiger partial charge in [-0.2, -0.15) is 5.26 Å². The Hall–Kier alpha value is -0.490. The van der Waals surface area contributed by atoms with Crippen LogP contribution in [-0.2, 0) is 0 Å². The van der Waals surface area contributed by atoms with Crippen LogP contribution >= 0.6 is 34.5 Å². The highest BCUT2D eigenvalue weighted by Gasteiger charge is 2.04. The molecule has 12 heavy (non-hydrogen) atoms. The molecule has 0 spiro atoms. The lowest BCUT2D eigenvalue weighted by atomic mass is 10.3. The monoisotopic (exact) mass is 217 g/mol. The fourth-order valence-corrected chi connectivity index (χ4v) is 1.92. The first kappa shape index (κ1) is 9.60.